The number of carboxylic acid groups (broad SMARTS) is 1. The largest absolute Gasteiger partial charge is 0.478 e. The van der Waals surface area contributed by atoms with E-state index < -0.39 is 5.97 Å². The van der Waals surface area contributed by atoms with E-state index in [-0.39, 0.29) is 29.8 Å². The highest BCUT2D eigenvalue weighted by molar-refractivity contribution is 5.90. The SMILES string of the molecule is O=C(O)c1ccc(F)c2c1CN(C(=O)C1CC=CCC1)CC2. The van der Waals surface area contributed by atoms with Crippen LogP contribution in [-0.4, -0.2) is 28.4 Å². The molecule has 5 heteroatoms. The van der Waals surface area contributed by atoms with Crippen LogP contribution in [0.5, 0.6) is 0 Å². The van der Waals surface area contributed by atoms with Gasteiger partial charge in [-0.05, 0) is 48.9 Å². The number of benzene rings is 1. The van der Waals surface area contributed by atoms with Crippen LogP contribution < -0.4 is 0 Å². The smallest absolute Gasteiger partial charge is 0.336 e. The first kappa shape index (κ1) is 14.8. The van der Waals surface area contributed by atoms with Crippen LogP contribution in [0.2, 0.25) is 0 Å². The Kier molecular flexibility index (Phi) is 3.96. The first-order valence-electron chi connectivity index (χ1n) is 7.55. The lowest BCUT2D eigenvalue weighted by atomic mass is 9.90. The van der Waals surface area contributed by atoms with E-state index in [1.54, 1.807) is 4.90 Å². The summed E-state index contributed by atoms with van der Waals surface area (Å²) in [6.07, 6.45) is 6.93. The molecule has 22 heavy (non-hydrogen) atoms. The lowest BCUT2D eigenvalue weighted by Gasteiger charge is -2.33. The van der Waals surface area contributed by atoms with Gasteiger partial charge in [0, 0.05) is 19.0 Å². The van der Waals surface area contributed by atoms with Crippen LogP contribution in [0.1, 0.15) is 40.7 Å². The van der Waals surface area contributed by atoms with Gasteiger partial charge in [0.05, 0.1) is 5.56 Å². The Hall–Kier alpha value is -2.17. The van der Waals surface area contributed by atoms with E-state index in [1.807, 2.05) is 6.08 Å². The third-order valence-corrected chi connectivity index (χ3v) is 4.52. The van der Waals surface area contributed by atoms with Gasteiger partial charge >= 0.3 is 5.97 Å². The van der Waals surface area contributed by atoms with Gasteiger partial charge in [-0.3, -0.25) is 4.79 Å². The summed E-state index contributed by atoms with van der Waals surface area (Å²) >= 11 is 0. The number of rotatable bonds is 2. The average molecular weight is 303 g/mol. The number of allylic oxidation sites excluding steroid dienone is 2. The van der Waals surface area contributed by atoms with Crippen molar-refractivity contribution in [2.75, 3.05) is 6.54 Å². The van der Waals surface area contributed by atoms with Crippen molar-refractivity contribution >= 4 is 11.9 Å². The Morgan fingerprint density at radius 2 is 2.05 bits per heavy atom. The predicted octanol–water partition coefficient (Wildman–Crippen LogP) is 2.76. The molecule has 1 N–H and O–H groups in total. The molecule has 1 unspecified atom stereocenters. The van der Waals surface area contributed by atoms with Crippen molar-refractivity contribution in [1.82, 2.24) is 4.90 Å². The van der Waals surface area contributed by atoms with Crippen LogP contribution in [0.25, 0.3) is 0 Å². The number of halogens is 1. The molecule has 0 saturated heterocycles. The molecule has 0 spiro atoms. The second kappa shape index (κ2) is 5.91. The Balaban J connectivity index is 1.86. The molecule has 1 heterocycles. The third kappa shape index (κ3) is 2.63. The molecule has 116 valence electrons. The maximum atomic E-state index is 13.9. The van der Waals surface area contributed by atoms with Crippen molar-refractivity contribution in [3.8, 4) is 0 Å². The highest BCUT2D eigenvalue weighted by atomic mass is 19.1. The fourth-order valence-electron chi connectivity index (χ4n) is 3.30. The molecule has 1 aliphatic carbocycles. The van der Waals surface area contributed by atoms with Crippen LogP contribution >= 0.6 is 0 Å². The summed E-state index contributed by atoms with van der Waals surface area (Å²) in [7, 11) is 0. The second-order valence-corrected chi connectivity index (χ2v) is 5.85. The summed E-state index contributed by atoms with van der Waals surface area (Å²) in [4.78, 5) is 25.6. The predicted molar refractivity (Wildman–Crippen MR) is 79.0 cm³/mol. The van der Waals surface area contributed by atoms with Crippen LogP contribution in [0, 0.1) is 11.7 Å². The zero-order chi connectivity index (χ0) is 15.7. The van der Waals surface area contributed by atoms with Gasteiger partial charge in [0.15, 0.2) is 0 Å². The molecule has 0 radical (unpaired) electrons. The monoisotopic (exact) mass is 303 g/mol. The van der Waals surface area contributed by atoms with E-state index in [4.69, 9.17) is 0 Å². The minimum absolute atomic E-state index is 0.0339. The van der Waals surface area contributed by atoms with Gasteiger partial charge in [0.25, 0.3) is 0 Å². The van der Waals surface area contributed by atoms with Crippen molar-refractivity contribution in [3.63, 3.8) is 0 Å². The molecule has 1 atom stereocenters. The first-order chi connectivity index (χ1) is 10.6. The van der Waals surface area contributed by atoms with Crippen LogP contribution in [0.15, 0.2) is 24.3 Å². The zero-order valence-corrected chi connectivity index (χ0v) is 12.2. The zero-order valence-electron chi connectivity index (χ0n) is 12.2. The van der Waals surface area contributed by atoms with E-state index >= 15 is 0 Å². The van der Waals surface area contributed by atoms with E-state index in [9.17, 15) is 19.1 Å². The maximum absolute atomic E-state index is 13.9. The van der Waals surface area contributed by atoms with Gasteiger partial charge in [-0.25, -0.2) is 9.18 Å². The number of carboxylic acids is 1. The number of carbonyl (C=O) groups is 2. The second-order valence-electron chi connectivity index (χ2n) is 5.85. The number of aromatic carboxylic acids is 1. The lowest BCUT2D eigenvalue weighted by Crippen LogP contribution is -2.41. The van der Waals surface area contributed by atoms with Gasteiger partial charge < -0.3 is 10.0 Å². The number of fused-ring (bicyclic) bond motifs is 1. The van der Waals surface area contributed by atoms with Crippen LogP contribution in [-0.2, 0) is 17.8 Å². The van der Waals surface area contributed by atoms with E-state index in [2.05, 4.69) is 6.08 Å². The van der Waals surface area contributed by atoms with Crippen molar-refractivity contribution in [1.29, 1.82) is 0 Å². The summed E-state index contributed by atoms with van der Waals surface area (Å²) < 4.78 is 13.9. The highest BCUT2D eigenvalue weighted by Crippen LogP contribution is 2.28. The van der Waals surface area contributed by atoms with Gasteiger partial charge in [-0.15, -0.1) is 0 Å². The van der Waals surface area contributed by atoms with E-state index in [0.717, 1.165) is 19.3 Å². The standard InChI is InChI=1S/C17H18FNO3/c18-15-7-6-13(17(21)22)14-10-19(9-8-12(14)15)16(20)11-4-2-1-3-5-11/h1-2,6-7,11H,3-5,8-10H2,(H,21,22). The number of hydrogen-bond acceptors (Lipinski definition) is 2. The fraction of sp³-hybridized carbons (Fsp3) is 0.412. The quantitative estimate of drug-likeness (QED) is 0.855. The van der Waals surface area contributed by atoms with Crippen molar-refractivity contribution in [3.05, 3.63) is 46.8 Å². The van der Waals surface area contributed by atoms with E-state index in [0.29, 0.717) is 24.1 Å². The van der Waals surface area contributed by atoms with Crippen LogP contribution in [0.4, 0.5) is 4.39 Å². The fourth-order valence-corrected chi connectivity index (χ4v) is 3.30. The van der Waals surface area contributed by atoms with Crippen molar-refractivity contribution in [2.24, 2.45) is 5.92 Å². The molecule has 1 aromatic rings. The molecule has 4 nitrogen and oxygen atoms in total. The van der Waals surface area contributed by atoms with Gasteiger partial charge in [-0.2, -0.15) is 0 Å². The summed E-state index contributed by atoms with van der Waals surface area (Å²) in [6.45, 7) is 0.639. The minimum Gasteiger partial charge on any atom is -0.478 e. The van der Waals surface area contributed by atoms with Gasteiger partial charge in [0.1, 0.15) is 5.82 Å². The molecule has 1 aromatic carbocycles. The summed E-state index contributed by atoms with van der Waals surface area (Å²) in [5.74, 6) is -1.44. The van der Waals surface area contributed by atoms with Crippen molar-refractivity contribution in [2.45, 2.75) is 32.2 Å². The molecule has 1 amide bonds. The maximum Gasteiger partial charge on any atom is 0.336 e. The van der Waals surface area contributed by atoms with Gasteiger partial charge in [0.2, 0.25) is 5.91 Å². The molecular weight excluding hydrogens is 285 g/mol. The summed E-state index contributed by atoms with van der Waals surface area (Å²) in [6, 6.07) is 2.49. The number of carbonyl (C=O) groups excluding carboxylic acids is 1. The highest BCUT2D eigenvalue weighted by Gasteiger charge is 2.30. The Morgan fingerprint density at radius 3 is 2.73 bits per heavy atom. The molecule has 0 aromatic heterocycles. The Bertz CT molecular complexity index is 654. The third-order valence-electron chi connectivity index (χ3n) is 4.52. The first-order valence-corrected chi connectivity index (χ1v) is 7.55. The lowest BCUT2D eigenvalue weighted by molar-refractivity contribution is -0.136. The molecule has 0 fully saturated rings. The summed E-state index contributed by atoms with van der Waals surface area (Å²) in [5.41, 5.74) is 0.975. The topological polar surface area (TPSA) is 57.6 Å². The van der Waals surface area contributed by atoms with Crippen molar-refractivity contribution < 1.29 is 19.1 Å². The summed E-state index contributed by atoms with van der Waals surface area (Å²) in [5, 5.41) is 9.27. The normalized spacial score (nSPS) is 20.6. The molecule has 2 aliphatic rings. The molecule has 0 bridgehead atoms. The Morgan fingerprint density at radius 1 is 1.23 bits per heavy atom. The number of amides is 1. The number of nitrogens with zero attached hydrogens (tertiary/aromatic N) is 1. The molecule has 1 aliphatic heterocycles. The van der Waals surface area contributed by atoms with Gasteiger partial charge in [-0.1, -0.05) is 12.2 Å². The molecular formula is C17H18FNO3. The molecule has 3 rings (SSSR count). The van der Waals surface area contributed by atoms with Crippen LogP contribution in [0.3, 0.4) is 0 Å². The Labute approximate surface area is 128 Å². The number of hydrogen-bond donors (Lipinski definition) is 1. The van der Waals surface area contributed by atoms with E-state index in [1.165, 1.54) is 12.1 Å². The molecule has 0 saturated carbocycles. The average Bonchev–Trinajstić information content (AvgIpc) is 2.54. The minimum atomic E-state index is -1.08.